The van der Waals surface area contributed by atoms with Gasteiger partial charge in [0.25, 0.3) is 0 Å². The molecule has 3 aromatic rings. The summed E-state index contributed by atoms with van der Waals surface area (Å²) in [7, 11) is 0. The standard InChI is InChI=1S/C20H13BrO3/c21-14-6-7-16-13(9-14)5-8-19-18(16)11-15(22)10-12-3-1-2-4-17(12)20(23)24-19/h1-9H,10-11H2. The van der Waals surface area contributed by atoms with E-state index in [9.17, 15) is 9.59 Å². The van der Waals surface area contributed by atoms with Gasteiger partial charge in [0.2, 0.25) is 0 Å². The summed E-state index contributed by atoms with van der Waals surface area (Å²) in [6.07, 6.45) is 0.480. The van der Waals surface area contributed by atoms with Gasteiger partial charge in [-0.2, -0.15) is 0 Å². The van der Waals surface area contributed by atoms with Crippen LogP contribution in [-0.4, -0.2) is 11.8 Å². The number of esters is 1. The molecule has 24 heavy (non-hydrogen) atoms. The first-order valence-corrected chi connectivity index (χ1v) is 8.44. The van der Waals surface area contributed by atoms with Gasteiger partial charge in [-0.3, -0.25) is 4.79 Å². The minimum Gasteiger partial charge on any atom is -0.423 e. The Kier molecular flexibility index (Phi) is 3.69. The third-order valence-corrected chi connectivity index (χ3v) is 4.75. The van der Waals surface area contributed by atoms with E-state index in [0.29, 0.717) is 16.9 Å². The summed E-state index contributed by atoms with van der Waals surface area (Å²) in [5.41, 5.74) is 1.94. The van der Waals surface area contributed by atoms with E-state index in [1.807, 2.05) is 30.3 Å². The second kappa shape index (κ2) is 5.87. The molecule has 3 aromatic carbocycles. The fourth-order valence-electron chi connectivity index (χ4n) is 3.12. The van der Waals surface area contributed by atoms with E-state index in [2.05, 4.69) is 15.9 Å². The number of ketones is 1. The molecule has 0 fully saturated rings. The number of hydrogen-bond donors (Lipinski definition) is 0. The number of halogens is 1. The second-order valence-electron chi connectivity index (χ2n) is 5.85. The van der Waals surface area contributed by atoms with Crippen molar-refractivity contribution in [2.24, 2.45) is 0 Å². The smallest absolute Gasteiger partial charge is 0.343 e. The molecule has 4 heteroatoms. The van der Waals surface area contributed by atoms with Crippen LogP contribution in [-0.2, 0) is 17.6 Å². The quantitative estimate of drug-likeness (QED) is 0.426. The van der Waals surface area contributed by atoms with Crippen LogP contribution in [0.15, 0.2) is 59.1 Å². The van der Waals surface area contributed by atoms with Crippen LogP contribution < -0.4 is 4.74 Å². The molecule has 1 aliphatic heterocycles. The van der Waals surface area contributed by atoms with Crippen molar-refractivity contribution >= 4 is 38.5 Å². The van der Waals surface area contributed by atoms with Gasteiger partial charge in [0.05, 0.1) is 5.56 Å². The van der Waals surface area contributed by atoms with Crippen LogP contribution in [0.3, 0.4) is 0 Å². The maximum Gasteiger partial charge on any atom is 0.343 e. The molecule has 0 aromatic heterocycles. The number of fused-ring (bicyclic) bond motifs is 4. The molecule has 0 bridgehead atoms. The molecule has 0 N–H and O–H groups in total. The van der Waals surface area contributed by atoms with Gasteiger partial charge in [-0.15, -0.1) is 0 Å². The number of benzene rings is 3. The molecule has 118 valence electrons. The molecule has 3 nitrogen and oxygen atoms in total. The van der Waals surface area contributed by atoms with E-state index in [4.69, 9.17) is 4.74 Å². The Balaban J connectivity index is 1.91. The highest BCUT2D eigenvalue weighted by molar-refractivity contribution is 9.10. The highest BCUT2D eigenvalue weighted by atomic mass is 79.9. The van der Waals surface area contributed by atoms with Gasteiger partial charge in [0, 0.05) is 22.9 Å². The molecule has 0 spiro atoms. The molecule has 4 rings (SSSR count). The zero-order valence-corrected chi connectivity index (χ0v) is 14.3. The van der Waals surface area contributed by atoms with Crippen molar-refractivity contribution < 1.29 is 14.3 Å². The van der Waals surface area contributed by atoms with Crippen LogP contribution in [0.2, 0.25) is 0 Å². The van der Waals surface area contributed by atoms with Crippen LogP contribution in [0.4, 0.5) is 0 Å². The van der Waals surface area contributed by atoms with Crippen LogP contribution >= 0.6 is 15.9 Å². The second-order valence-corrected chi connectivity index (χ2v) is 6.76. The van der Waals surface area contributed by atoms with Gasteiger partial charge in [0.1, 0.15) is 11.5 Å². The SMILES string of the molecule is O=C1Cc2ccccc2C(=O)Oc2ccc3cc(Br)ccc3c2C1. The van der Waals surface area contributed by atoms with Crippen molar-refractivity contribution in [2.45, 2.75) is 12.8 Å². The number of carbonyl (C=O) groups excluding carboxylic acids is 2. The van der Waals surface area contributed by atoms with E-state index in [1.54, 1.807) is 24.3 Å². The molecule has 0 unspecified atom stereocenters. The topological polar surface area (TPSA) is 43.4 Å². The summed E-state index contributed by atoms with van der Waals surface area (Å²) in [6, 6.07) is 16.7. The highest BCUT2D eigenvalue weighted by Crippen LogP contribution is 2.32. The van der Waals surface area contributed by atoms with Gasteiger partial charge < -0.3 is 4.74 Å². The van der Waals surface area contributed by atoms with E-state index < -0.39 is 5.97 Å². The summed E-state index contributed by atoms with van der Waals surface area (Å²) in [4.78, 5) is 25.1. The lowest BCUT2D eigenvalue weighted by atomic mass is 9.96. The predicted octanol–water partition coefficient (Wildman–Crippen LogP) is 4.49. The maximum absolute atomic E-state index is 12.6. The molecule has 1 heterocycles. The maximum atomic E-state index is 12.6. The fraction of sp³-hybridized carbons (Fsp3) is 0.100. The number of carbonyl (C=O) groups is 2. The van der Waals surface area contributed by atoms with Crippen LogP contribution in [0.25, 0.3) is 10.8 Å². The van der Waals surface area contributed by atoms with Crippen LogP contribution in [0, 0.1) is 0 Å². The monoisotopic (exact) mass is 380 g/mol. The Morgan fingerprint density at radius 3 is 2.62 bits per heavy atom. The largest absolute Gasteiger partial charge is 0.423 e. The Hall–Kier alpha value is -2.46. The molecular weight excluding hydrogens is 368 g/mol. The third kappa shape index (κ3) is 2.63. The zero-order chi connectivity index (χ0) is 16.7. The number of ether oxygens (including phenoxy) is 1. The number of Topliss-reactive ketones (excluding diaryl/α,β-unsaturated/α-hetero) is 1. The van der Waals surface area contributed by atoms with E-state index in [0.717, 1.165) is 20.8 Å². The van der Waals surface area contributed by atoms with E-state index in [1.165, 1.54) is 0 Å². The third-order valence-electron chi connectivity index (χ3n) is 4.25. The lowest BCUT2D eigenvalue weighted by Crippen LogP contribution is -2.11. The first kappa shape index (κ1) is 15.1. The summed E-state index contributed by atoms with van der Waals surface area (Å²) >= 11 is 3.46. The van der Waals surface area contributed by atoms with E-state index in [-0.39, 0.29) is 18.6 Å². The van der Waals surface area contributed by atoms with Gasteiger partial charge >= 0.3 is 5.97 Å². The molecule has 0 radical (unpaired) electrons. The van der Waals surface area contributed by atoms with Gasteiger partial charge in [-0.05, 0) is 40.6 Å². The average Bonchev–Trinajstić information content (AvgIpc) is 2.61. The highest BCUT2D eigenvalue weighted by Gasteiger charge is 2.22. The molecule has 0 saturated heterocycles. The normalized spacial score (nSPS) is 14.2. The van der Waals surface area contributed by atoms with Crippen molar-refractivity contribution in [3.8, 4) is 5.75 Å². The molecular formula is C20H13BrO3. The van der Waals surface area contributed by atoms with Gasteiger partial charge in [-0.1, -0.05) is 46.3 Å². The van der Waals surface area contributed by atoms with Crippen molar-refractivity contribution in [1.29, 1.82) is 0 Å². The van der Waals surface area contributed by atoms with Crippen LogP contribution in [0.5, 0.6) is 5.75 Å². The molecule has 0 amide bonds. The average molecular weight is 381 g/mol. The summed E-state index contributed by atoms with van der Waals surface area (Å²) in [5, 5.41) is 1.94. The van der Waals surface area contributed by atoms with Gasteiger partial charge in [-0.25, -0.2) is 4.79 Å². The molecule has 1 aliphatic rings. The number of rotatable bonds is 0. The van der Waals surface area contributed by atoms with E-state index >= 15 is 0 Å². The van der Waals surface area contributed by atoms with Crippen LogP contribution in [0.1, 0.15) is 21.5 Å². The first-order chi connectivity index (χ1) is 11.6. The zero-order valence-electron chi connectivity index (χ0n) is 12.7. The minimum atomic E-state index is -0.419. The Bertz CT molecular complexity index is 991. The Morgan fingerprint density at radius 2 is 1.75 bits per heavy atom. The van der Waals surface area contributed by atoms with Crippen molar-refractivity contribution in [2.75, 3.05) is 0 Å². The summed E-state index contributed by atoms with van der Waals surface area (Å²) in [5.74, 6) is 0.107. The fourth-order valence-corrected chi connectivity index (χ4v) is 3.50. The summed E-state index contributed by atoms with van der Waals surface area (Å²) < 4.78 is 6.59. The first-order valence-electron chi connectivity index (χ1n) is 7.65. The Labute approximate surface area is 147 Å². The lowest BCUT2D eigenvalue weighted by molar-refractivity contribution is -0.117. The van der Waals surface area contributed by atoms with Crippen molar-refractivity contribution in [3.63, 3.8) is 0 Å². The molecule has 0 atom stereocenters. The summed E-state index contributed by atoms with van der Waals surface area (Å²) in [6.45, 7) is 0. The predicted molar refractivity (Wildman–Crippen MR) is 95.5 cm³/mol. The molecule has 0 aliphatic carbocycles. The van der Waals surface area contributed by atoms with Gasteiger partial charge in [0.15, 0.2) is 0 Å². The minimum absolute atomic E-state index is 0.0671. The number of hydrogen-bond acceptors (Lipinski definition) is 3. The van der Waals surface area contributed by atoms with Crippen molar-refractivity contribution in [1.82, 2.24) is 0 Å². The lowest BCUT2D eigenvalue weighted by Gasteiger charge is -2.12. The Morgan fingerprint density at radius 1 is 0.917 bits per heavy atom. The molecule has 0 saturated carbocycles. The van der Waals surface area contributed by atoms with Crippen molar-refractivity contribution in [3.05, 3.63) is 75.8 Å².